The highest BCUT2D eigenvalue weighted by molar-refractivity contribution is 6.31. The second-order valence-corrected chi connectivity index (χ2v) is 4.92. The quantitative estimate of drug-likeness (QED) is 0.516. The van der Waals surface area contributed by atoms with Gasteiger partial charge in [0, 0.05) is 28.4 Å². The van der Waals surface area contributed by atoms with Crippen molar-refractivity contribution in [2.24, 2.45) is 0 Å². The molecule has 0 aliphatic heterocycles. The molecule has 0 saturated carbocycles. The molecule has 0 bridgehead atoms. The van der Waals surface area contributed by atoms with Gasteiger partial charge < -0.3 is 11.1 Å². The molecule has 0 aliphatic carbocycles. The van der Waals surface area contributed by atoms with Gasteiger partial charge in [0.15, 0.2) is 0 Å². The zero-order valence-corrected chi connectivity index (χ0v) is 11.8. The van der Waals surface area contributed by atoms with E-state index in [-0.39, 0.29) is 11.3 Å². The van der Waals surface area contributed by atoms with E-state index in [9.17, 15) is 14.9 Å². The van der Waals surface area contributed by atoms with Crippen LogP contribution in [0.1, 0.15) is 15.9 Å². The molecule has 21 heavy (non-hydrogen) atoms. The van der Waals surface area contributed by atoms with Crippen molar-refractivity contribution >= 4 is 34.6 Å². The molecule has 108 valence electrons. The predicted octanol–water partition coefficient (Wildman–Crippen LogP) is 3.39. The van der Waals surface area contributed by atoms with Crippen LogP contribution in [0.3, 0.4) is 0 Å². The Morgan fingerprint density at radius 2 is 2.00 bits per heavy atom. The number of nitrogens with two attached hydrogens (primary N) is 1. The van der Waals surface area contributed by atoms with Crippen molar-refractivity contribution < 1.29 is 9.72 Å². The van der Waals surface area contributed by atoms with Crippen molar-refractivity contribution in [3.8, 4) is 0 Å². The topological polar surface area (TPSA) is 98.3 Å². The van der Waals surface area contributed by atoms with Gasteiger partial charge in [0.2, 0.25) is 0 Å². The Bertz CT molecular complexity index is 711. The molecule has 0 aliphatic rings. The lowest BCUT2D eigenvalue weighted by atomic mass is 10.1. The maximum Gasteiger partial charge on any atom is 0.271 e. The Labute approximate surface area is 125 Å². The third-order valence-electron chi connectivity index (χ3n) is 2.86. The second-order valence-electron chi connectivity index (χ2n) is 4.48. The van der Waals surface area contributed by atoms with Crippen LogP contribution in [0.5, 0.6) is 0 Å². The number of rotatable bonds is 3. The van der Waals surface area contributed by atoms with Crippen molar-refractivity contribution in [1.82, 2.24) is 0 Å². The summed E-state index contributed by atoms with van der Waals surface area (Å²) in [5, 5.41) is 13.7. The van der Waals surface area contributed by atoms with Crippen molar-refractivity contribution in [2.45, 2.75) is 6.92 Å². The van der Waals surface area contributed by atoms with Gasteiger partial charge in [-0.25, -0.2) is 0 Å². The van der Waals surface area contributed by atoms with Crippen molar-refractivity contribution in [3.63, 3.8) is 0 Å². The Morgan fingerprint density at radius 3 is 2.62 bits per heavy atom. The maximum absolute atomic E-state index is 12.2. The normalized spacial score (nSPS) is 10.2. The van der Waals surface area contributed by atoms with Crippen LogP contribution in [-0.2, 0) is 0 Å². The molecule has 0 radical (unpaired) electrons. The summed E-state index contributed by atoms with van der Waals surface area (Å²) in [4.78, 5) is 22.4. The fraction of sp³-hybridized carbons (Fsp3) is 0.0714. The van der Waals surface area contributed by atoms with Gasteiger partial charge in [-0.2, -0.15) is 0 Å². The fourth-order valence-corrected chi connectivity index (χ4v) is 2.04. The van der Waals surface area contributed by atoms with Gasteiger partial charge in [-0.1, -0.05) is 17.7 Å². The lowest BCUT2D eigenvalue weighted by molar-refractivity contribution is -0.384. The van der Waals surface area contributed by atoms with Crippen LogP contribution >= 0.6 is 11.6 Å². The number of amides is 1. The number of halogens is 1. The summed E-state index contributed by atoms with van der Waals surface area (Å²) in [5.74, 6) is -0.437. The monoisotopic (exact) mass is 305 g/mol. The van der Waals surface area contributed by atoms with E-state index in [0.717, 1.165) is 0 Å². The summed E-state index contributed by atoms with van der Waals surface area (Å²) in [6.07, 6.45) is 0. The Morgan fingerprint density at radius 1 is 1.29 bits per heavy atom. The van der Waals surface area contributed by atoms with Gasteiger partial charge in [-0.05, 0) is 30.7 Å². The number of anilines is 2. The SMILES string of the molecule is Cc1ccc([N+](=O)[O-])cc1NC(=O)c1cc(N)cc(Cl)c1. The molecule has 0 unspecified atom stereocenters. The molecule has 0 aromatic heterocycles. The minimum absolute atomic E-state index is 0.0958. The van der Waals surface area contributed by atoms with Crippen LogP contribution in [-0.4, -0.2) is 10.8 Å². The molecule has 3 N–H and O–H groups in total. The molecule has 1 amide bonds. The van der Waals surface area contributed by atoms with Gasteiger partial charge in [-0.3, -0.25) is 14.9 Å². The number of nitrogens with zero attached hydrogens (tertiary/aromatic N) is 1. The number of benzene rings is 2. The van der Waals surface area contributed by atoms with Gasteiger partial charge in [0.25, 0.3) is 11.6 Å². The molecular formula is C14H12ClN3O3. The van der Waals surface area contributed by atoms with E-state index >= 15 is 0 Å². The average Bonchev–Trinajstić information content (AvgIpc) is 2.39. The van der Waals surface area contributed by atoms with E-state index in [1.165, 1.54) is 30.3 Å². The zero-order chi connectivity index (χ0) is 15.6. The van der Waals surface area contributed by atoms with Crippen LogP contribution in [0, 0.1) is 17.0 Å². The van der Waals surface area contributed by atoms with Crippen LogP contribution in [0.2, 0.25) is 5.02 Å². The minimum Gasteiger partial charge on any atom is -0.399 e. The number of nitrogen functional groups attached to an aromatic ring is 1. The zero-order valence-electron chi connectivity index (χ0n) is 11.1. The fourth-order valence-electron chi connectivity index (χ4n) is 1.80. The number of non-ortho nitro benzene ring substituents is 1. The minimum atomic E-state index is -0.521. The predicted molar refractivity (Wildman–Crippen MR) is 81.7 cm³/mol. The van der Waals surface area contributed by atoms with Gasteiger partial charge in [0.1, 0.15) is 0 Å². The number of nitro groups is 1. The molecule has 7 heteroatoms. The molecule has 2 aromatic rings. The molecule has 0 saturated heterocycles. The first kappa shape index (κ1) is 14.8. The third kappa shape index (κ3) is 3.49. The number of carbonyl (C=O) groups is 1. The number of hydrogen-bond donors (Lipinski definition) is 2. The highest BCUT2D eigenvalue weighted by Crippen LogP contribution is 2.23. The summed E-state index contributed by atoms with van der Waals surface area (Å²) in [7, 11) is 0. The van der Waals surface area contributed by atoms with E-state index in [0.29, 0.717) is 22.0 Å². The average molecular weight is 306 g/mol. The first-order chi connectivity index (χ1) is 9.86. The Balaban J connectivity index is 2.31. The summed E-state index contributed by atoms with van der Waals surface area (Å²) < 4.78 is 0. The van der Waals surface area contributed by atoms with Gasteiger partial charge >= 0.3 is 0 Å². The number of nitro benzene ring substituents is 1. The van der Waals surface area contributed by atoms with E-state index < -0.39 is 10.8 Å². The summed E-state index contributed by atoms with van der Waals surface area (Å²) in [6.45, 7) is 1.74. The molecular weight excluding hydrogens is 294 g/mol. The van der Waals surface area contributed by atoms with Crippen molar-refractivity contribution in [1.29, 1.82) is 0 Å². The first-order valence-electron chi connectivity index (χ1n) is 5.99. The molecule has 2 rings (SSSR count). The van der Waals surface area contributed by atoms with E-state index in [1.54, 1.807) is 13.0 Å². The Hall–Kier alpha value is -2.60. The van der Waals surface area contributed by atoms with Crippen LogP contribution < -0.4 is 11.1 Å². The van der Waals surface area contributed by atoms with Crippen molar-refractivity contribution in [2.75, 3.05) is 11.1 Å². The van der Waals surface area contributed by atoms with Crippen LogP contribution in [0.15, 0.2) is 36.4 Å². The van der Waals surface area contributed by atoms with E-state index in [4.69, 9.17) is 17.3 Å². The summed E-state index contributed by atoms with van der Waals surface area (Å²) in [6, 6.07) is 8.73. The van der Waals surface area contributed by atoms with E-state index in [1.807, 2.05) is 0 Å². The molecule has 0 fully saturated rings. The number of hydrogen-bond acceptors (Lipinski definition) is 4. The van der Waals surface area contributed by atoms with Crippen LogP contribution in [0.25, 0.3) is 0 Å². The second kappa shape index (κ2) is 5.80. The van der Waals surface area contributed by atoms with Gasteiger partial charge in [-0.15, -0.1) is 0 Å². The lowest BCUT2D eigenvalue weighted by Crippen LogP contribution is -2.13. The summed E-state index contributed by atoms with van der Waals surface area (Å²) in [5.41, 5.74) is 7.26. The van der Waals surface area contributed by atoms with E-state index in [2.05, 4.69) is 5.32 Å². The smallest absolute Gasteiger partial charge is 0.271 e. The molecule has 0 spiro atoms. The van der Waals surface area contributed by atoms with Crippen molar-refractivity contribution in [3.05, 3.63) is 62.7 Å². The highest BCUT2D eigenvalue weighted by Gasteiger charge is 2.13. The molecule has 0 atom stereocenters. The molecule has 0 heterocycles. The highest BCUT2D eigenvalue weighted by atomic mass is 35.5. The van der Waals surface area contributed by atoms with Gasteiger partial charge in [0.05, 0.1) is 10.6 Å². The standard InChI is InChI=1S/C14H12ClN3O3/c1-8-2-3-12(18(20)21)7-13(8)17-14(19)9-4-10(15)6-11(16)5-9/h2-7H,16H2,1H3,(H,17,19). The lowest BCUT2D eigenvalue weighted by Gasteiger charge is -2.09. The molecule has 6 nitrogen and oxygen atoms in total. The maximum atomic E-state index is 12.2. The number of nitrogens with one attached hydrogen (secondary N) is 1. The largest absolute Gasteiger partial charge is 0.399 e. The third-order valence-corrected chi connectivity index (χ3v) is 3.08. The number of carbonyl (C=O) groups excluding carboxylic acids is 1. The number of aryl methyl sites for hydroxylation is 1. The van der Waals surface area contributed by atoms with Crippen LogP contribution in [0.4, 0.5) is 17.1 Å². The first-order valence-corrected chi connectivity index (χ1v) is 6.37. The Kier molecular flexibility index (Phi) is 4.09. The summed E-state index contributed by atoms with van der Waals surface area (Å²) >= 11 is 5.85. The molecule has 2 aromatic carbocycles.